The van der Waals surface area contributed by atoms with Gasteiger partial charge in [0.15, 0.2) is 0 Å². The predicted molar refractivity (Wildman–Crippen MR) is 103 cm³/mol. The summed E-state index contributed by atoms with van der Waals surface area (Å²) in [7, 11) is 0. The van der Waals surface area contributed by atoms with E-state index in [1.54, 1.807) is 0 Å². The van der Waals surface area contributed by atoms with Gasteiger partial charge in [-0.05, 0) is 38.2 Å². The monoisotopic (exact) mass is 360 g/mol. The van der Waals surface area contributed by atoms with Gasteiger partial charge in [-0.1, -0.05) is 61.9 Å². The largest absolute Gasteiger partial charge is 0.473 e. The van der Waals surface area contributed by atoms with Crippen LogP contribution in [-0.4, -0.2) is 9.78 Å². The summed E-state index contributed by atoms with van der Waals surface area (Å²) in [6.07, 6.45) is 8.80. The lowest BCUT2D eigenvalue weighted by molar-refractivity contribution is 0.245. The molecule has 1 aromatic heterocycles. The minimum atomic E-state index is 0.489. The molecule has 3 nitrogen and oxygen atoms in total. The Kier molecular flexibility index (Phi) is 6.41. The molecular weight excluding hydrogens is 332 g/mol. The van der Waals surface area contributed by atoms with Crippen LogP contribution in [0.1, 0.15) is 62.3 Å². The Balaban J connectivity index is 1.72. The van der Waals surface area contributed by atoms with E-state index in [1.165, 1.54) is 37.7 Å². The molecule has 0 bridgehead atoms. The average Bonchev–Trinajstić information content (AvgIpc) is 2.98. The Labute approximate surface area is 156 Å². The third kappa shape index (κ3) is 5.01. The van der Waals surface area contributed by atoms with Gasteiger partial charge in [0.25, 0.3) is 0 Å². The summed E-state index contributed by atoms with van der Waals surface area (Å²) in [6, 6.07) is 8.17. The number of hydrogen-bond donors (Lipinski definition) is 0. The SMILES string of the molecule is CCCc1cc(OCc2cc(C)ccc2Cl)n(CC2CCCCC2)n1. The average molecular weight is 361 g/mol. The van der Waals surface area contributed by atoms with Crippen LogP contribution in [0, 0.1) is 12.8 Å². The minimum Gasteiger partial charge on any atom is -0.473 e. The van der Waals surface area contributed by atoms with Crippen LogP contribution >= 0.6 is 11.6 Å². The topological polar surface area (TPSA) is 27.1 Å². The van der Waals surface area contributed by atoms with Crippen LogP contribution in [0.5, 0.6) is 5.88 Å². The molecule has 0 atom stereocenters. The van der Waals surface area contributed by atoms with Crippen molar-refractivity contribution in [2.45, 2.75) is 71.9 Å². The van der Waals surface area contributed by atoms with Gasteiger partial charge in [-0.25, -0.2) is 4.68 Å². The zero-order valence-corrected chi connectivity index (χ0v) is 16.2. The van der Waals surface area contributed by atoms with E-state index in [0.29, 0.717) is 6.61 Å². The molecule has 136 valence electrons. The second-order valence-electron chi connectivity index (χ2n) is 7.29. The first-order valence-electron chi connectivity index (χ1n) is 9.60. The van der Waals surface area contributed by atoms with Gasteiger partial charge in [-0.3, -0.25) is 0 Å². The molecule has 0 amide bonds. The summed E-state index contributed by atoms with van der Waals surface area (Å²) in [5, 5.41) is 5.57. The summed E-state index contributed by atoms with van der Waals surface area (Å²) in [6.45, 7) is 5.72. The minimum absolute atomic E-state index is 0.489. The molecule has 0 N–H and O–H groups in total. The van der Waals surface area contributed by atoms with Crippen LogP contribution in [0.4, 0.5) is 0 Å². The highest BCUT2D eigenvalue weighted by Gasteiger charge is 2.18. The number of ether oxygens (including phenoxy) is 1. The Morgan fingerprint density at radius 2 is 2.00 bits per heavy atom. The quantitative estimate of drug-likeness (QED) is 0.609. The lowest BCUT2D eigenvalue weighted by Gasteiger charge is -2.22. The molecule has 1 aliphatic rings. The number of nitrogens with zero attached hydrogens (tertiary/aromatic N) is 2. The molecule has 2 aromatic rings. The number of benzene rings is 1. The molecule has 1 aliphatic carbocycles. The lowest BCUT2D eigenvalue weighted by Crippen LogP contribution is -2.16. The second-order valence-corrected chi connectivity index (χ2v) is 7.70. The van der Waals surface area contributed by atoms with Crippen LogP contribution in [0.3, 0.4) is 0 Å². The number of aryl methyl sites for hydroxylation is 2. The van der Waals surface area contributed by atoms with Crippen molar-refractivity contribution in [3.8, 4) is 5.88 Å². The third-order valence-corrected chi connectivity index (χ3v) is 5.40. The van der Waals surface area contributed by atoms with Gasteiger partial charge < -0.3 is 4.74 Å². The van der Waals surface area contributed by atoms with Crippen molar-refractivity contribution in [3.63, 3.8) is 0 Å². The lowest BCUT2D eigenvalue weighted by atomic mass is 9.89. The molecule has 0 radical (unpaired) electrons. The van der Waals surface area contributed by atoms with Crippen molar-refractivity contribution in [2.24, 2.45) is 5.92 Å². The van der Waals surface area contributed by atoms with Crippen LogP contribution in [-0.2, 0) is 19.6 Å². The fraction of sp³-hybridized carbons (Fsp3) is 0.571. The van der Waals surface area contributed by atoms with Gasteiger partial charge in [0.1, 0.15) is 6.61 Å². The molecule has 4 heteroatoms. The Morgan fingerprint density at radius 1 is 1.20 bits per heavy atom. The predicted octanol–water partition coefficient (Wildman–Crippen LogP) is 5.96. The van der Waals surface area contributed by atoms with Gasteiger partial charge in [-0.2, -0.15) is 5.10 Å². The van der Waals surface area contributed by atoms with Crippen molar-refractivity contribution < 1.29 is 4.74 Å². The maximum Gasteiger partial charge on any atom is 0.212 e. The summed E-state index contributed by atoms with van der Waals surface area (Å²) < 4.78 is 8.23. The number of aromatic nitrogens is 2. The first kappa shape index (κ1) is 18.3. The van der Waals surface area contributed by atoms with Crippen LogP contribution in [0.2, 0.25) is 5.02 Å². The van der Waals surface area contributed by atoms with E-state index in [-0.39, 0.29) is 0 Å². The van der Waals surface area contributed by atoms with E-state index in [2.05, 4.69) is 30.7 Å². The van der Waals surface area contributed by atoms with E-state index in [4.69, 9.17) is 21.4 Å². The molecule has 1 saturated carbocycles. The van der Waals surface area contributed by atoms with Crippen LogP contribution < -0.4 is 4.74 Å². The molecule has 0 unspecified atom stereocenters. The van der Waals surface area contributed by atoms with Crippen molar-refractivity contribution in [1.82, 2.24) is 9.78 Å². The van der Waals surface area contributed by atoms with Crippen LogP contribution in [0.25, 0.3) is 0 Å². The molecule has 0 aliphatic heterocycles. The van der Waals surface area contributed by atoms with Crippen molar-refractivity contribution in [1.29, 1.82) is 0 Å². The number of halogens is 1. The fourth-order valence-electron chi connectivity index (χ4n) is 3.66. The first-order valence-corrected chi connectivity index (χ1v) is 9.98. The van der Waals surface area contributed by atoms with Crippen LogP contribution in [0.15, 0.2) is 24.3 Å². The summed E-state index contributed by atoms with van der Waals surface area (Å²) in [5.41, 5.74) is 3.36. The van der Waals surface area contributed by atoms with E-state index in [0.717, 1.165) is 47.5 Å². The normalized spacial score (nSPS) is 15.5. The van der Waals surface area contributed by atoms with Gasteiger partial charge >= 0.3 is 0 Å². The molecule has 1 fully saturated rings. The molecule has 1 heterocycles. The van der Waals surface area contributed by atoms with Gasteiger partial charge in [0.2, 0.25) is 5.88 Å². The highest BCUT2D eigenvalue weighted by molar-refractivity contribution is 6.31. The van der Waals surface area contributed by atoms with Gasteiger partial charge in [0.05, 0.1) is 5.69 Å². The number of hydrogen-bond acceptors (Lipinski definition) is 2. The standard InChI is InChI=1S/C21H29ClN2O/c1-3-7-19-13-21(24(23-19)14-17-8-5-4-6-9-17)25-15-18-12-16(2)10-11-20(18)22/h10-13,17H,3-9,14-15H2,1-2H3. The van der Waals surface area contributed by atoms with E-state index in [9.17, 15) is 0 Å². The van der Waals surface area contributed by atoms with Crippen molar-refractivity contribution in [3.05, 3.63) is 46.1 Å². The molecular formula is C21H29ClN2O. The molecule has 3 rings (SSSR count). The maximum absolute atomic E-state index is 6.31. The summed E-state index contributed by atoms with van der Waals surface area (Å²) in [4.78, 5) is 0. The summed E-state index contributed by atoms with van der Waals surface area (Å²) >= 11 is 6.31. The van der Waals surface area contributed by atoms with E-state index in [1.807, 2.05) is 12.1 Å². The Morgan fingerprint density at radius 3 is 2.76 bits per heavy atom. The Bertz CT molecular complexity index is 689. The van der Waals surface area contributed by atoms with Gasteiger partial charge in [-0.15, -0.1) is 0 Å². The summed E-state index contributed by atoms with van der Waals surface area (Å²) in [5.74, 6) is 1.61. The zero-order chi connectivity index (χ0) is 17.6. The van der Waals surface area contributed by atoms with Crippen molar-refractivity contribution >= 4 is 11.6 Å². The first-order chi connectivity index (χ1) is 12.2. The Hall–Kier alpha value is -1.48. The molecule has 0 spiro atoms. The second kappa shape index (κ2) is 8.75. The molecule has 25 heavy (non-hydrogen) atoms. The fourth-order valence-corrected chi connectivity index (χ4v) is 3.83. The molecule has 0 saturated heterocycles. The van der Waals surface area contributed by atoms with Crippen molar-refractivity contribution in [2.75, 3.05) is 0 Å². The zero-order valence-electron chi connectivity index (χ0n) is 15.4. The van der Waals surface area contributed by atoms with E-state index >= 15 is 0 Å². The maximum atomic E-state index is 6.31. The smallest absolute Gasteiger partial charge is 0.212 e. The molecule has 1 aromatic carbocycles. The van der Waals surface area contributed by atoms with E-state index < -0.39 is 0 Å². The number of rotatable bonds is 7. The highest BCUT2D eigenvalue weighted by atomic mass is 35.5. The third-order valence-electron chi connectivity index (χ3n) is 5.03. The highest BCUT2D eigenvalue weighted by Crippen LogP contribution is 2.28. The van der Waals surface area contributed by atoms with Gasteiger partial charge in [0, 0.05) is 23.2 Å².